The first-order chi connectivity index (χ1) is 39.4. The van der Waals surface area contributed by atoms with E-state index in [-0.39, 0.29) is 24.7 Å². The fourth-order valence-electron chi connectivity index (χ4n) is 11.2. The van der Waals surface area contributed by atoms with Gasteiger partial charge in [-0.05, 0) is 118 Å². The van der Waals surface area contributed by atoms with Crippen molar-refractivity contribution in [3.05, 3.63) is 30.3 Å². The lowest BCUT2D eigenvalue weighted by atomic mass is 9.95. The van der Waals surface area contributed by atoms with Crippen molar-refractivity contribution in [3.8, 4) is 0 Å². The number of hydrogen-bond acceptors (Lipinski definition) is 20. The van der Waals surface area contributed by atoms with Gasteiger partial charge in [0, 0.05) is 215 Å². The summed E-state index contributed by atoms with van der Waals surface area (Å²) in [6.45, 7) is 60.3. The number of likely N-dealkylation sites (tertiary alicyclic amines) is 8. The molecule has 8 rings (SSSR count). The minimum atomic E-state index is -0.724. The topological polar surface area (TPSA) is 255 Å². The first-order valence-electron chi connectivity index (χ1n) is 32.3. The molecule has 0 aromatic heterocycles. The highest BCUT2D eigenvalue weighted by Gasteiger charge is 2.33. The van der Waals surface area contributed by atoms with Gasteiger partial charge in [0.15, 0.2) is 0 Å². The highest BCUT2D eigenvalue weighted by atomic mass is 17.0. The quantitative estimate of drug-likeness (QED) is 0.0621. The second-order valence-corrected chi connectivity index (χ2v) is 28.2. The molecule has 8 aliphatic heterocycles. The number of nitrogens with zero attached hydrogens (tertiary/aromatic N) is 11. The summed E-state index contributed by atoms with van der Waals surface area (Å²) in [5.74, 6) is 6.84. The molecule has 0 unspecified atom stereocenters. The fraction of sp³-hybridized carbons (Fsp3) is 1.00. The monoisotopic (exact) mass is 1210 g/mol. The van der Waals surface area contributed by atoms with Gasteiger partial charge in [-0.1, -0.05) is 48.5 Å². The lowest BCUT2D eigenvalue weighted by molar-refractivity contribution is -0.759. The standard InChI is InChI=1S/C9H19NO.C8H16N2O3.2C8H17NO.C7H14N2O3.C7H14N2O2.C7H15NO.C7H15N/c1-8(2)5-10-6-9(7-10)3-4-11;1-7(2)3-9-4-8(5-9)6-13-10(11)12;1-7(2)3-9-4-8(5-9)6-10;1-7(2)9-5-8(6-9)3-4-10;1-6(2)8-3-7(4-8)5-12-9(10)11;1-6(2)8-3-7(4-8)5-9(10)11;1-6(2)8-3-7(4-8)5-9;1-6(2)8-4-7(3)5-8/h8-9,11H,3-7H2,1-2H3;7-8H,3-6H2,1-2H3;2*7-8,10H,3-6H2,1-2H3;6-7H,3-5H2,1-2H3;6-7H,3-5H2,1-2H3;6-7,9H,3-5H2,1-2H3;6-7H,4-5H2,1-3H3. The third-order valence-electron chi connectivity index (χ3n) is 16.5. The molecule has 0 aromatic carbocycles. The second kappa shape index (κ2) is 43.1. The molecule has 0 radical (unpaired) electrons. The van der Waals surface area contributed by atoms with Crippen LogP contribution in [0.5, 0.6) is 0 Å². The van der Waals surface area contributed by atoms with Gasteiger partial charge in [0.1, 0.15) is 13.2 Å². The molecule has 0 bridgehead atoms. The summed E-state index contributed by atoms with van der Waals surface area (Å²) in [7, 11) is 0. The molecule has 4 N–H and O–H groups in total. The molecular weight excluding hydrogens is 1080 g/mol. The van der Waals surface area contributed by atoms with Crippen LogP contribution in [0.2, 0.25) is 0 Å². The molecule has 0 saturated carbocycles. The molecule has 23 nitrogen and oxygen atoms in total. The Kier molecular flexibility index (Phi) is 40.7. The summed E-state index contributed by atoms with van der Waals surface area (Å²) in [5.41, 5.74) is 0. The molecule has 8 aliphatic rings. The Labute approximate surface area is 509 Å². The van der Waals surface area contributed by atoms with Crippen LogP contribution in [0.15, 0.2) is 0 Å². The van der Waals surface area contributed by atoms with Crippen LogP contribution in [0, 0.1) is 95.4 Å². The molecule has 84 heavy (non-hydrogen) atoms. The zero-order valence-corrected chi connectivity index (χ0v) is 56.0. The van der Waals surface area contributed by atoms with Crippen molar-refractivity contribution in [2.75, 3.05) is 171 Å². The van der Waals surface area contributed by atoms with Crippen LogP contribution in [-0.2, 0) is 9.68 Å². The summed E-state index contributed by atoms with van der Waals surface area (Å²) in [4.78, 5) is 57.0. The van der Waals surface area contributed by atoms with Gasteiger partial charge in [0.05, 0.1) is 0 Å². The maximum atomic E-state index is 10.1. The van der Waals surface area contributed by atoms with Gasteiger partial charge < -0.3 is 64.4 Å². The van der Waals surface area contributed by atoms with Gasteiger partial charge in [-0.3, -0.25) is 15.0 Å². The molecule has 0 aliphatic carbocycles. The van der Waals surface area contributed by atoms with E-state index < -0.39 is 10.2 Å². The van der Waals surface area contributed by atoms with E-state index in [9.17, 15) is 30.3 Å². The molecule has 0 aromatic rings. The Morgan fingerprint density at radius 1 is 0.381 bits per heavy atom. The molecule has 0 atom stereocenters. The Bertz CT molecular complexity index is 1680. The van der Waals surface area contributed by atoms with E-state index in [2.05, 4.69) is 167 Å². The van der Waals surface area contributed by atoms with Crippen molar-refractivity contribution in [3.63, 3.8) is 0 Å². The van der Waals surface area contributed by atoms with Gasteiger partial charge in [-0.25, -0.2) is 0 Å². The summed E-state index contributed by atoms with van der Waals surface area (Å²) >= 11 is 0. The molecule has 0 spiro atoms. The summed E-state index contributed by atoms with van der Waals surface area (Å²) in [6.07, 6.45) is 1.98. The van der Waals surface area contributed by atoms with Crippen LogP contribution in [0.1, 0.15) is 131 Å². The van der Waals surface area contributed by atoms with Gasteiger partial charge >= 0.3 is 0 Å². The molecule has 23 heteroatoms. The van der Waals surface area contributed by atoms with E-state index in [1.165, 1.54) is 52.4 Å². The zero-order chi connectivity index (χ0) is 63.8. The Hall–Kier alpha value is -2.68. The summed E-state index contributed by atoms with van der Waals surface area (Å²) in [5, 5.41) is 63.0. The third kappa shape index (κ3) is 35.3. The predicted octanol–water partition coefficient (Wildman–Crippen LogP) is 5.82. The fourth-order valence-corrected chi connectivity index (χ4v) is 11.2. The predicted molar refractivity (Wildman–Crippen MR) is 336 cm³/mol. The van der Waals surface area contributed by atoms with E-state index in [0.29, 0.717) is 86.1 Å². The average molecular weight is 1210 g/mol. The summed E-state index contributed by atoms with van der Waals surface area (Å²) in [6, 6.07) is 3.20. The number of hydrogen-bond donors (Lipinski definition) is 4. The van der Waals surface area contributed by atoms with Gasteiger partial charge in [0.2, 0.25) is 6.54 Å². The number of aliphatic hydroxyl groups is 4. The average Bonchev–Trinajstić information content (AvgIpc) is 3.28. The lowest BCUT2D eigenvalue weighted by Crippen LogP contribution is -2.52. The summed E-state index contributed by atoms with van der Waals surface area (Å²) < 4.78 is 0. The maximum Gasteiger partial charge on any atom is 0.294 e. The molecule has 8 fully saturated rings. The Balaban J connectivity index is 0.000000482. The van der Waals surface area contributed by atoms with Crippen molar-refractivity contribution in [2.24, 2.45) is 65.1 Å². The van der Waals surface area contributed by atoms with Crippen molar-refractivity contribution >= 4 is 0 Å². The van der Waals surface area contributed by atoms with Crippen LogP contribution in [0.3, 0.4) is 0 Å². The maximum absolute atomic E-state index is 10.1. The molecule has 0 amide bonds. The first-order valence-corrected chi connectivity index (χ1v) is 32.3. The van der Waals surface area contributed by atoms with Crippen LogP contribution in [-0.4, -0.2) is 275 Å². The van der Waals surface area contributed by atoms with E-state index >= 15 is 0 Å². The second-order valence-electron chi connectivity index (χ2n) is 28.2. The lowest BCUT2D eigenvalue weighted by Gasteiger charge is -2.42. The number of aliphatic hydroxyl groups excluding tert-OH is 4. The van der Waals surface area contributed by atoms with Crippen LogP contribution in [0.4, 0.5) is 0 Å². The van der Waals surface area contributed by atoms with E-state index in [0.717, 1.165) is 120 Å². The van der Waals surface area contributed by atoms with Crippen molar-refractivity contribution in [1.82, 2.24) is 39.2 Å². The normalized spacial score (nSPS) is 20.9. The highest BCUT2D eigenvalue weighted by Crippen LogP contribution is 2.23. The van der Waals surface area contributed by atoms with Crippen molar-refractivity contribution < 1.29 is 45.2 Å². The largest absolute Gasteiger partial charge is 0.396 e. The van der Waals surface area contributed by atoms with E-state index in [1.54, 1.807) is 0 Å². The minimum Gasteiger partial charge on any atom is -0.396 e. The van der Waals surface area contributed by atoms with E-state index in [4.69, 9.17) is 20.4 Å². The van der Waals surface area contributed by atoms with E-state index in [1.807, 2.05) is 0 Å². The minimum absolute atomic E-state index is 0.142. The number of nitro groups is 1. The van der Waals surface area contributed by atoms with Crippen LogP contribution >= 0.6 is 0 Å². The molecular formula is C61H127N11O12. The van der Waals surface area contributed by atoms with Crippen LogP contribution < -0.4 is 0 Å². The van der Waals surface area contributed by atoms with Crippen molar-refractivity contribution in [1.29, 1.82) is 0 Å². The zero-order valence-electron chi connectivity index (χ0n) is 56.0. The first kappa shape index (κ1) is 79.3. The molecule has 498 valence electrons. The third-order valence-corrected chi connectivity index (χ3v) is 16.5. The van der Waals surface area contributed by atoms with Gasteiger partial charge in [-0.15, -0.1) is 20.2 Å². The highest BCUT2D eigenvalue weighted by molar-refractivity contribution is 4.85. The molecule has 8 heterocycles. The Morgan fingerprint density at radius 2 is 0.631 bits per heavy atom. The van der Waals surface area contributed by atoms with Gasteiger partial charge in [0.25, 0.3) is 10.2 Å². The van der Waals surface area contributed by atoms with Crippen LogP contribution in [0.25, 0.3) is 0 Å². The Morgan fingerprint density at radius 3 is 0.893 bits per heavy atom. The number of rotatable bonds is 25. The van der Waals surface area contributed by atoms with Crippen molar-refractivity contribution in [2.45, 2.75) is 161 Å². The smallest absolute Gasteiger partial charge is 0.294 e. The SMILES string of the molecule is CC(C)CN1CC(CCO)C1.CC(C)CN1CC(CO)C1.CC(C)CN1CC(CO[N+](=O)[O-])C1.CC(C)N1CC(CCO)C1.CC(C)N1CC(CO)C1.CC(C)N1CC(CO[N+](=O)[O-])C1.CC(C)N1CC(C[N+](=O)[O-])C1.CC1CN(C(C)C)C1. The molecule has 8 saturated heterocycles. The van der Waals surface area contributed by atoms with Gasteiger partial charge in [-0.2, -0.15) is 0 Å².